The molecule has 1 heterocycles. The van der Waals surface area contributed by atoms with E-state index in [1.54, 1.807) is 11.8 Å². The number of rotatable bonds is 2. The lowest BCUT2D eigenvalue weighted by molar-refractivity contribution is 0.620. The molecule has 0 amide bonds. The van der Waals surface area contributed by atoms with Crippen LogP contribution in [0.4, 0.5) is 0 Å². The van der Waals surface area contributed by atoms with Gasteiger partial charge in [0.05, 0.1) is 0 Å². The maximum absolute atomic E-state index is 5.71. The van der Waals surface area contributed by atoms with E-state index in [2.05, 4.69) is 23.4 Å². The highest BCUT2D eigenvalue weighted by Gasteiger charge is 2.06. The van der Waals surface area contributed by atoms with Gasteiger partial charge in [0.25, 0.3) is 0 Å². The third kappa shape index (κ3) is 1.94. The van der Waals surface area contributed by atoms with Gasteiger partial charge in [-0.15, -0.1) is 11.8 Å². The van der Waals surface area contributed by atoms with E-state index in [1.807, 2.05) is 36.4 Å². The molecule has 0 atom stereocenters. The van der Waals surface area contributed by atoms with Crippen LogP contribution in [0.5, 0.6) is 0 Å². The van der Waals surface area contributed by atoms with Gasteiger partial charge in [-0.3, -0.25) is 0 Å². The molecule has 0 radical (unpaired) electrons. The van der Waals surface area contributed by atoms with Gasteiger partial charge in [-0.1, -0.05) is 12.1 Å². The maximum Gasteiger partial charge on any atom is 0.227 e. The molecule has 0 fully saturated rings. The molecular weight excluding hydrogens is 230 g/mol. The highest BCUT2D eigenvalue weighted by atomic mass is 32.2. The zero-order chi connectivity index (χ0) is 11.7. The second kappa shape index (κ2) is 4.26. The monoisotopic (exact) mass is 241 g/mol. The molecule has 3 rings (SSSR count). The number of oxazole rings is 1. The lowest BCUT2D eigenvalue weighted by Crippen LogP contribution is -1.77. The summed E-state index contributed by atoms with van der Waals surface area (Å²) >= 11 is 1.73. The van der Waals surface area contributed by atoms with Crippen molar-refractivity contribution in [1.82, 2.24) is 4.98 Å². The van der Waals surface area contributed by atoms with Crippen LogP contribution in [0.15, 0.2) is 57.8 Å². The van der Waals surface area contributed by atoms with Crippen molar-refractivity contribution in [3.63, 3.8) is 0 Å². The molecule has 3 heteroatoms. The third-order valence-corrected chi connectivity index (χ3v) is 3.37. The van der Waals surface area contributed by atoms with Gasteiger partial charge < -0.3 is 4.42 Å². The standard InChI is InChI=1S/C14H11NOS/c1-17-11-8-6-10(7-9-11)14-15-12-4-2-3-5-13(12)16-14/h2-9H,1H3. The number of hydrogen-bond donors (Lipinski definition) is 0. The Morgan fingerprint density at radius 1 is 1.00 bits per heavy atom. The van der Waals surface area contributed by atoms with E-state index in [1.165, 1.54) is 4.90 Å². The quantitative estimate of drug-likeness (QED) is 0.628. The first-order valence-corrected chi connectivity index (χ1v) is 6.59. The van der Waals surface area contributed by atoms with Crippen molar-refractivity contribution in [2.45, 2.75) is 4.90 Å². The fourth-order valence-corrected chi connectivity index (χ4v) is 2.14. The Morgan fingerprint density at radius 2 is 1.76 bits per heavy atom. The van der Waals surface area contributed by atoms with Crippen molar-refractivity contribution in [2.24, 2.45) is 0 Å². The first-order chi connectivity index (χ1) is 8.36. The molecule has 0 aliphatic heterocycles. The lowest BCUT2D eigenvalue weighted by atomic mass is 10.2. The van der Waals surface area contributed by atoms with E-state index >= 15 is 0 Å². The van der Waals surface area contributed by atoms with Crippen LogP contribution in [0.2, 0.25) is 0 Å². The normalized spacial score (nSPS) is 10.9. The predicted octanol–water partition coefficient (Wildman–Crippen LogP) is 4.22. The molecule has 0 aliphatic rings. The molecule has 0 aliphatic carbocycles. The molecule has 0 saturated heterocycles. The van der Waals surface area contributed by atoms with Gasteiger partial charge in [0.2, 0.25) is 5.89 Å². The van der Waals surface area contributed by atoms with E-state index in [9.17, 15) is 0 Å². The van der Waals surface area contributed by atoms with E-state index < -0.39 is 0 Å². The van der Waals surface area contributed by atoms with Gasteiger partial charge in [0.15, 0.2) is 5.58 Å². The summed E-state index contributed by atoms with van der Waals surface area (Å²) in [6.45, 7) is 0. The number of nitrogens with zero attached hydrogens (tertiary/aromatic N) is 1. The highest BCUT2D eigenvalue weighted by molar-refractivity contribution is 7.98. The van der Waals surface area contributed by atoms with E-state index in [0.717, 1.165) is 16.7 Å². The van der Waals surface area contributed by atoms with E-state index in [0.29, 0.717) is 5.89 Å². The average Bonchev–Trinajstić information content (AvgIpc) is 2.82. The van der Waals surface area contributed by atoms with Gasteiger partial charge in [-0.25, -0.2) is 4.98 Å². The molecule has 0 saturated carbocycles. The number of para-hydroxylation sites is 2. The summed E-state index contributed by atoms with van der Waals surface area (Å²) in [6, 6.07) is 16.0. The first kappa shape index (κ1) is 10.4. The van der Waals surface area contributed by atoms with Crippen molar-refractivity contribution in [3.8, 4) is 11.5 Å². The Hall–Kier alpha value is -1.74. The molecule has 84 valence electrons. The number of benzene rings is 2. The van der Waals surface area contributed by atoms with Crippen molar-refractivity contribution in [2.75, 3.05) is 6.26 Å². The summed E-state index contributed by atoms with van der Waals surface area (Å²) in [6.07, 6.45) is 2.06. The van der Waals surface area contributed by atoms with Crippen molar-refractivity contribution < 1.29 is 4.42 Å². The molecule has 1 aromatic heterocycles. The van der Waals surface area contributed by atoms with E-state index in [-0.39, 0.29) is 0 Å². The molecular formula is C14H11NOS. The fourth-order valence-electron chi connectivity index (χ4n) is 1.73. The summed E-state index contributed by atoms with van der Waals surface area (Å²) in [7, 11) is 0. The predicted molar refractivity (Wildman–Crippen MR) is 71.2 cm³/mol. The van der Waals surface area contributed by atoms with Crippen molar-refractivity contribution in [1.29, 1.82) is 0 Å². The summed E-state index contributed by atoms with van der Waals surface area (Å²) in [5.41, 5.74) is 2.74. The zero-order valence-electron chi connectivity index (χ0n) is 9.38. The Bertz CT molecular complexity index is 610. The SMILES string of the molecule is CSc1ccc(-c2nc3ccccc3o2)cc1. The Balaban J connectivity index is 2.07. The Morgan fingerprint density at radius 3 is 2.47 bits per heavy atom. The Kier molecular flexibility index (Phi) is 2.61. The summed E-state index contributed by atoms with van der Waals surface area (Å²) in [4.78, 5) is 5.71. The summed E-state index contributed by atoms with van der Waals surface area (Å²) < 4.78 is 5.71. The topological polar surface area (TPSA) is 26.0 Å². The van der Waals surface area contributed by atoms with Crippen LogP contribution < -0.4 is 0 Å². The zero-order valence-corrected chi connectivity index (χ0v) is 10.2. The minimum Gasteiger partial charge on any atom is -0.436 e. The first-order valence-electron chi connectivity index (χ1n) is 5.37. The fraction of sp³-hybridized carbons (Fsp3) is 0.0714. The van der Waals surface area contributed by atoms with Gasteiger partial charge in [-0.05, 0) is 42.7 Å². The molecule has 2 aromatic carbocycles. The van der Waals surface area contributed by atoms with Crippen LogP contribution in [-0.4, -0.2) is 11.2 Å². The van der Waals surface area contributed by atoms with Gasteiger partial charge in [0, 0.05) is 10.5 Å². The van der Waals surface area contributed by atoms with Crippen LogP contribution in [0, 0.1) is 0 Å². The average molecular weight is 241 g/mol. The van der Waals surface area contributed by atoms with Crippen LogP contribution in [0.3, 0.4) is 0 Å². The second-order valence-electron chi connectivity index (χ2n) is 3.72. The smallest absolute Gasteiger partial charge is 0.227 e. The molecule has 0 unspecified atom stereocenters. The number of fused-ring (bicyclic) bond motifs is 1. The van der Waals surface area contributed by atoms with Crippen LogP contribution >= 0.6 is 11.8 Å². The minimum absolute atomic E-state index is 0.679. The molecule has 2 nitrogen and oxygen atoms in total. The van der Waals surface area contributed by atoms with Crippen molar-refractivity contribution >= 4 is 22.9 Å². The van der Waals surface area contributed by atoms with Crippen LogP contribution in [0.1, 0.15) is 0 Å². The van der Waals surface area contributed by atoms with Gasteiger partial charge >= 0.3 is 0 Å². The number of aromatic nitrogens is 1. The van der Waals surface area contributed by atoms with Crippen molar-refractivity contribution in [3.05, 3.63) is 48.5 Å². The maximum atomic E-state index is 5.71. The molecule has 0 bridgehead atoms. The molecule has 0 spiro atoms. The molecule has 3 aromatic rings. The minimum atomic E-state index is 0.679. The molecule has 17 heavy (non-hydrogen) atoms. The van der Waals surface area contributed by atoms with Gasteiger partial charge in [0.1, 0.15) is 5.52 Å². The van der Waals surface area contributed by atoms with Crippen LogP contribution in [-0.2, 0) is 0 Å². The largest absolute Gasteiger partial charge is 0.436 e. The summed E-state index contributed by atoms with van der Waals surface area (Å²) in [5.74, 6) is 0.679. The molecule has 0 N–H and O–H groups in total. The van der Waals surface area contributed by atoms with Gasteiger partial charge in [-0.2, -0.15) is 0 Å². The number of hydrogen-bond acceptors (Lipinski definition) is 3. The van der Waals surface area contributed by atoms with E-state index in [4.69, 9.17) is 4.42 Å². The lowest BCUT2D eigenvalue weighted by Gasteiger charge is -1.97. The third-order valence-electron chi connectivity index (χ3n) is 2.63. The summed E-state index contributed by atoms with van der Waals surface area (Å²) in [5, 5.41) is 0. The second-order valence-corrected chi connectivity index (χ2v) is 4.59. The highest BCUT2D eigenvalue weighted by Crippen LogP contribution is 2.25. The number of thioether (sulfide) groups is 1. The van der Waals surface area contributed by atoms with Crippen LogP contribution in [0.25, 0.3) is 22.6 Å². The Labute approximate surface area is 104 Å².